The van der Waals surface area contributed by atoms with Crippen molar-refractivity contribution < 1.29 is 0 Å². The molecular weight excluding hydrogens is 196 g/mol. The summed E-state index contributed by atoms with van der Waals surface area (Å²) in [4.78, 5) is 4.98. The number of hydrogen-bond acceptors (Lipinski definition) is 2. The summed E-state index contributed by atoms with van der Waals surface area (Å²) >= 11 is 0. The average Bonchev–Trinajstić information content (AvgIpc) is 2.30. The van der Waals surface area contributed by atoms with Crippen molar-refractivity contribution in [2.45, 2.75) is 26.3 Å². The molecule has 0 bridgehead atoms. The highest BCUT2D eigenvalue weighted by molar-refractivity contribution is 5.49. The summed E-state index contributed by atoms with van der Waals surface area (Å²) in [5.41, 5.74) is 2.72. The van der Waals surface area contributed by atoms with Gasteiger partial charge in [-0.3, -0.25) is 0 Å². The van der Waals surface area contributed by atoms with Gasteiger partial charge in [-0.1, -0.05) is 24.6 Å². The third-order valence-electron chi connectivity index (χ3n) is 3.52. The normalized spacial score (nSPS) is 22.4. The molecule has 0 N–H and O–H groups in total. The Balaban J connectivity index is 2.15. The molecule has 1 aliphatic heterocycles. The van der Waals surface area contributed by atoms with Gasteiger partial charge in [-0.15, -0.1) is 0 Å². The minimum atomic E-state index is 0.668. The predicted octanol–water partition coefficient (Wildman–Crippen LogP) is 2.53. The quantitative estimate of drug-likeness (QED) is 0.752. The van der Waals surface area contributed by atoms with Crippen molar-refractivity contribution in [1.29, 1.82) is 0 Å². The number of benzene rings is 1. The summed E-state index contributed by atoms with van der Waals surface area (Å²) in [6, 6.07) is 9.59. The summed E-state index contributed by atoms with van der Waals surface area (Å²) in [5, 5.41) is 0. The molecule has 1 aromatic rings. The van der Waals surface area contributed by atoms with Crippen LogP contribution in [0, 0.1) is 6.92 Å². The van der Waals surface area contributed by atoms with Crippen LogP contribution < -0.4 is 4.90 Å². The molecular formula is C14H22N2. The molecule has 2 heteroatoms. The van der Waals surface area contributed by atoms with Crippen LogP contribution >= 0.6 is 0 Å². The van der Waals surface area contributed by atoms with Gasteiger partial charge in [0.25, 0.3) is 0 Å². The van der Waals surface area contributed by atoms with Gasteiger partial charge in [0.15, 0.2) is 0 Å². The van der Waals surface area contributed by atoms with E-state index in [1.165, 1.54) is 30.8 Å². The molecule has 0 amide bonds. The van der Waals surface area contributed by atoms with E-state index in [9.17, 15) is 0 Å². The summed E-state index contributed by atoms with van der Waals surface area (Å²) in [7, 11) is 2.22. The lowest BCUT2D eigenvalue weighted by Crippen LogP contribution is -2.51. The Bertz CT molecular complexity index is 331. The van der Waals surface area contributed by atoms with Crippen molar-refractivity contribution in [3.05, 3.63) is 29.8 Å². The average molecular weight is 218 g/mol. The molecule has 0 aliphatic carbocycles. The molecule has 0 radical (unpaired) electrons. The van der Waals surface area contributed by atoms with Crippen LogP contribution in [-0.4, -0.2) is 37.6 Å². The first-order valence-corrected chi connectivity index (χ1v) is 6.22. The molecule has 88 valence electrons. The smallest absolute Gasteiger partial charge is 0.0414 e. The second-order valence-electron chi connectivity index (χ2n) is 4.85. The summed E-state index contributed by atoms with van der Waals surface area (Å²) in [5.74, 6) is 0. The SMILES string of the molecule is CCC1CN(C)CCN1c1ccc(C)cc1. The van der Waals surface area contributed by atoms with Crippen LogP contribution in [0.2, 0.25) is 0 Å². The van der Waals surface area contributed by atoms with Gasteiger partial charge in [-0.05, 0) is 32.5 Å². The molecule has 0 aromatic heterocycles. The van der Waals surface area contributed by atoms with E-state index in [0.717, 1.165) is 6.54 Å². The van der Waals surface area contributed by atoms with Gasteiger partial charge < -0.3 is 9.80 Å². The van der Waals surface area contributed by atoms with Crippen LogP contribution in [-0.2, 0) is 0 Å². The minimum absolute atomic E-state index is 0.668. The highest BCUT2D eigenvalue weighted by atomic mass is 15.3. The Kier molecular flexibility index (Phi) is 3.49. The van der Waals surface area contributed by atoms with E-state index in [0.29, 0.717) is 6.04 Å². The molecule has 1 fully saturated rings. The summed E-state index contributed by atoms with van der Waals surface area (Å²) in [6.45, 7) is 7.93. The molecule has 1 heterocycles. The molecule has 1 unspecified atom stereocenters. The maximum Gasteiger partial charge on any atom is 0.0414 e. The molecule has 1 aliphatic rings. The number of hydrogen-bond donors (Lipinski definition) is 0. The van der Waals surface area contributed by atoms with Gasteiger partial charge in [0.2, 0.25) is 0 Å². The Labute approximate surface area is 98.9 Å². The largest absolute Gasteiger partial charge is 0.366 e. The van der Waals surface area contributed by atoms with Crippen molar-refractivity contribution in [3.8, 4) is 0 Å². The topological polar surface area (TPSA) is 6.48 Å². The fourth-order valence-corrected chi connectivity index (χ4v) is 2.44. The number of aryl methyl sites for hydroxylation is 1. The molecule has 16 heavy (non-hydrogen) atoms. The lowest BCUT2D eigenvalue weighted by molar-refractivity contribution is 0.264. The lowest BCUT2D eigenvalue weighted by atomic mass is 10.1. The van der Waals surface area contributed by atoms with Crippen molar-refractivity contribution in [2.75, 3.05) is 31.6 Å². The fourth-order valence-electron chi connectivity index (χ4n) is 2.44. The Morgan fingerprint density at radius 3 is 2.50 bits per heavy atom. The first-order valence-electron chi connectivity index (χ1n) is 6.22. The number of piperazine rings is 1. The number of rotatable bonds is 2. The van der Waals surface area contributed by atoms with E-state index in [1.807, 2.05) is 0 Å². The zero-order valence-electron chi connectivity index (χ0n) is 10.6. The molecule has 0 spiro atoms. The van der Waals surface area contributed by atoms with Gasteiger partial charge in [0.05, 0.1) is 0 Å². The van der Waals surface area contributed by atoms with Crippen LogP contribution in [0.25, 0.3) is 0 Å². The van der Waals surface area contributed by atoms with E-state index in [-0.39, 0.29) is 0 Å². The fraction of sp³-hybridized carbons (Fsp3) is 0.571. The summed E-state index contributed by atoms with van der Waals surface area (Å²) in [6.07, 6.45) is 1.22. The standard InChI is InChI=1S/C14H22N2/c1-4-13-11-15(3)9-10-16(13)14-7-5-12(2)6-8-14/h5-8,13H,4,9-11H2,1-3H3. The first kappa shape index (κ1) is 11.5. The van der Waals surface area contributed by atoms with E-state index < -0.39 is 0 Å². The van der Waals surface area contributed by atoms with Crippen LogP contribution in [0.4, 0.5) is 5.69 Å². The van der Waals surface area contributed by atoms with Crippen molar-refractivity contribution >= 4 is 5.69 Å². The van der Waals surface area contributed by atoms with Crippen LogP contribution in [0.1, 0.15) is 18.9 Å². The molecule has 1 aromatic carbocycles. The predicted molar refractivity (Wildman–Crippen MR) is 70.1 cm³/mol. The Morgan fingerprint density at radius 1 is 1.19 bits per heavy atom. The highest BCUT2D eigenvalue weighted by Crippen LogP contribution is 2.22. The van der Waals surface area contributed by atoms with E-state index in [1.54, 1.807) is 0 Å². The zero-order chi connectivity index (χ0) is 11.5. The number of anilines is 1. The number of nitrogens with zero attached hydrogens (tertiary/aromatic N) is 2. The van der Waals surface area contributed by atoms with Crippen LogP contribution in [0.15, 0.2) is 24.3 Å². The lowest BCUT2D eigenvalue weighted by Gasteiger charge is -2.41. The second kappa shape index (κ2) is 4.88. The number of likely N-dealkylation sites (N-methyl/N-ethyl adjacent to an activating group) is 1. The highest BCUT2D eigenvalue weighted by Gasteiger charge is 2.23. The maximum absolute atomic E-state index is 2.56. The van der Waals surface area contributed by atoms with Gasteiger partial charge in [0, 0.05) is 31.4 Å². The van der Waals surface area contributed by atoms with Gasteiger partial charge in [0.1, 0.15) is 0 Å². The molecule has 1 atom stereocenters. The Morgan fingerprint density at radius 2 is 1.88 bits per heavy atom. The zero-order valence-corrected chi connectivity index (χ0v) is 10.6. The van der Waals surface area contributed by atoms with Crippen molar-refractivity contribution in [1.82, 2.24) is 4.90 Å². The van der Waals surface area contributed by atoms with Crippen LogP contribution in [0.3, 0.4) is 0 Å². The van der Waals surface area contributed by atoms with E-state index in [2.05, 4.69) is 55.0 Å². The van der Waals surface area contributed by atoms with Crippen LogP contribution in [0.5, 0.6) is 0 Å². The third-order valence-corrected chi connectivity index (χ3v) is 3.52. The first-order chi connectivity index (χ1) is 7.70. The third kappa shape index (κ3) is 2.38. The second-order valence-corrected chi connectivity index (χ2v) is 4.85. The van der Waals surface area contributed by atoms with Crippen molar-refractivity contribution in [2.24, 2.45) is 0 Å². The molecule has 2 rings (SSSR count). The van der Waals surface area contributed by atoms with Gasteiger partial charge >= 0.3 is 0 Å². The molecule has 2 nitrogen and oxygen atoms in total. The van der Waals surface area contributed by atoms with Crippen molar-refractivity contribution in [3.63, 3.8) is 0 Å². The molecule has 1 saturated heterocycles. The van der Waals surface area contributed by atoms with Gasteiger partial charge in [-0.25, -0.2) is 0 Å². The Hall–Kier alpha value is -1.02. The van der Waals surface area contributed by atoms with Gasteiger partial charge in [-0.2, -0.15) is 0 Å². The molecule has 0 saturated carbocycles. The van der Waals surface area contributed by atoms with E-state index >= 15 is 0 Å². The maximum atomic E-state index is 2.56. The van der Waals surface area contributed by atoms with E-state index in [4.69, 9.17) is 0 Å². The minimum Gasteiger partial charge on any atom is -0.366 e. The summed E-state index contributed by atoms with van der Waals surface area (Å²) < 4.78 is 0. The monoisotopic (exact) mass is 218 g/mol.